The molecule has 7 nitrogen and oxygen atoms in total. The van der Waals surface area contributed by atoms with E-state index < -0.39 is 35.9 Å². The molecule has 0 heterocycles. The number of rotatable bonds is 14. The van der Waals surface area contributed by atoms with Crippen LogP contribution in [0.25, 0.3) is 0 Å². The summed E-state index contributed by atoms with van der Waals surface area (Å²) in [5.74, 6) is 0.543. The Kier molecular flexibility index (Phi) is 13.9. The summed E-state index contributed by atoms with van der Waals surface area (Å²) >= 11 is 1.18. The summed E-state index contributed by atoms with van der Waals surface area (Å²) in [4.78, 5) is 26.0. The van der Waals surface area contributed by atoms with E-state index in [4.69, 9.17) is 9.47 Å². The highest BCUT2D eigenvalue weighted by atomic mass is 32.2. The van der Waals surface area contributed by atoms with Gasteiger partial charge in [-0.1, -0.05) is 96.7 Å². The normalized spacial score (nSPS) is 14.7. The SMILES string of the molecule is CC(C)(C)OC(=O)NC(Cc1ccc(OC(C)(C)C)cc1)CC(O)C=CC(O)C(Cc1ccccc1)C(=O)SCc1ccccc1. The van der Waals surface area contributed by atoms with Gasteiger partial charge in [0.25, 0.3) is 0 Å². The number of carbonyl (C=O) groups excluding carboxylic acids is 2. The highest BCUT2D eigenvalue weighted by molar-refractivity contribution is 8.13. The van der Waals surface area contributed by atoms with Crippen LogP contribution < -0.4 is 10.1 Å². The van der Waals surface area contributed by atoms with E-state index in [-0.39, 0.29) is 17.1 Å². The Morgan fingerprint density at radius 1 is 0.761 bits per heavy atom. The van der Waals surface area contributed by atoms with Gasteiger partial charge < -0.3 is 25.0 Å². The van der Waals surface area contributed by atoms with Crippen molar-refractivity contribution >= 4 is 23.0 Å². The molecule has 3 rings (SSSR count). The molecule has 0 bridgehead atoms. The molecule has 0 aromatic heterocycles. The van der Waals surface area contributed by atoms with Crippen molar-refractivity contribution in [3.63, 3.8) is 0 Å². The van der Waals surface area contributed by atoms with Gasteiger partial charge >= 0.3 is 6.09 Å². The zero-order valence-electron chi connectivity index (χ0n) is 27.8. The minimum absolute atomic E-state index is 0.122. The second-order valence-corrected chi connectivity index (χ2v) is 14.5. The largest absolute Gasteiger partial charge is 0.488 e. The summed E-state index contributed by atoms with van der Waals surface area (Å²) in [6, 6.07) is 26.5. The van der Waals surface area contributed by atoms with Crippen LogP contribution in [0.1, 0.15) is 64.7 Å². The number of hydrogen-bond donors (Lipinski definition) is 3. The molecule has 3 aromatic rings. The fourth-order valence-electron chi connectivity index (χ4n) is 4.79. The van der Waals surface area contributed by atoms with Gasteiger partial charge in [0.05, 0.1) is 18.1 Å². The van der Waals surface area contributed by atoms with Crippen LogP contribution in [-0.2, 0) is 28.1 Å². The smallest absolute Gasteiger partial charge is 0.407 e. The van der Waals surface area contributed by atoms with Crippen LogP contribution in [0.5, 0.6) is 5.75 Å². The molecule has 0 aliphatic heterocycles. The van der Waals surface area contributed by atoms with E-state index in [0.717, 1.165) is 22.4 Å². The quantitative estimate of drug-likeness (QED) is 0.158. The Labute approximate surface area is 278 Å². The fraction of sp³-hybridized carbons (Fsp3) is 0.421. The molecule has 0 aliphatic rings. The first kappa shape index (κ1) is 36.9. The van der Waals surface area contributed by atoms with Crippen LogP contribution in [0.4, 0.5) is 4.79 Å². The van der Waals surface area contributed by atoms with Gasteiger partial charge in [-0.15, -0.1) is 0 Å². The van der Waals surface area contributed by atoms with Gasteiger partial charge in [0, 0.05) is 11.8 Å². The molecular weight excluding hydrogens is 598 g/mol. The zero-order valence-corrected chi connectivity index (χ0v) is 28.6. The van der Waals surface area contributed by atoms with Crippen molar-refractivity contribution in [3.8, 4) is 5.75 Å². The molecule has 0 fully saturated rings. The highest BCUT2D eigenvalue weighted by Gasteiger charge is 2.27. The average Bonchev–Trinajstić information content (AvgIpc) is 2.97. The summed E-state index contributed by atoms with van der Waals surface area (Å²) in [6.07, 6.45) is 1.27. The van der Waals surface area contributed by atoms with Crippen molar-refractivity contribution in [2.45, 2.75) is 96.0 Å². The summed E-state index contributed by atoms with van der Waals surface area (Å²) in [5, 5.41) is 25.0. The first-order valence-corrected chi connectivity index (χ1v) is 16.7. The first-order valence-electron chi connectivity index (χ1n) is 15.7. The molecule has 0 spiro atoms. The number of amides is 1. The molecule has 0 saturated heterocycles. The summed E-state index contributed by atoms with van der Waals surface area (Å²) in [7, 11) is 0. The number of ether oxygens (including phenoxy) is 2. The van der Waals surface area contributed by atoms with E-state index in [9.17, 15) is 19.8 Å². The lowest BCUT2D eigenvalue weighted by atomic mass is 9.94. The monoisotopic (exact) mass is 647 g/mol. The number of carbonyl (C=O) groups is 2. The second-order valence-electron chi connectivity index (χ2n) is 13.5. The molecule has 8 heteroatoms. The minimum atomic E-state index is -1.11. The van der Waals surface area contributed by atoms with Gasteiger partial charge in [-0.25, -0.2) is 4.79 Å². The van der Waals surface area contributed by atoms with E-state index in [0.29, 0.717) is 18.6 Å². The number of benzene rings is 3. The van der Waals surface area contributed by atoms with E-state index in [1.165, 1.54) is 23.9 Å². The number of aliphatic hydroxyl groups is 2. The number of hydrogen-bond acceptors (Lipinski definition) is 7. The van der Waals surface area contributed by atoms with Crippen molar-refractivity contribution in [3.05, 3.63) is 114 Å². The molecule has 4 atom stereocenters. The molecular formula is C38H49NO6S. The molecule has 4 unspecified atom stereocenters. The molecule has 3 N–H and O–H groups in total. The predicted octanol–water partition coefficient (Wildman–Crippen LogP) is 7.29. The topological polar surface area (TPSA) is 105 Å². The third-order valence-electron chi connectivity index (χ3n) is 6.84. The molecule has 0 saturated carbocycles. The molecule has 0 radical (unpaired) electrons. The lowest BCUT2D eigenvalue weighted by Crippen LogP contribution is -2.41. The number of thioether (sulfide) groups is 1. The lowest BCUT2D eigenvalue weighted by Gasteiger charge is -2.25. The number of aliphatic hydroxyl groups excluding tert-OH is 2. The molecule has 1 amide bonds. The van der Waals surface area contributed by atoms with Gasteiger partial charge in [-0.3, -0.25) is 4.79 Å². The third-order valence-corrected chi connectivity index (χ3v) is 7.91. The summed E-state index contributed by atoms with van der Waals surface area (Å²) < 4.78 is 11.4. The Hall–Kier alpha value is -3.59. The van der Waals surface area contributed by atoms with Gasteiger partial charge in [-0.05, 0) is 89.6 Å². The Morgan fingerprint density at radius 3 is 1.89 bits per heavy atom. The molecule has 0 aliphatic carbocycles. The number of nitrogens with one attached hydrogen (secondary N) is 1. The molecule has 46 heavy (non-hydrogen) atoms. The van der Waals surface area contributed by atoms with Crippen LogP contribution in [0.2, 0.25) is 0 Å². The van der Waals surface area contributed by atoms with E-state index >= 15 is 0 Å². The van der Waals surface area contributed by atoms with E-state index in [1.807, 2.05) is 106 Å². The minimum Gasteiger partial charge on any atom is -0.488 e. The fourth-order valence-corrected chi connectivity index (χ4v) is 5.73. The Morgan fingerprint density at radius 2 is 1.33 bits per heavy atom. The maximum absolute atomic E-state index is 13.4. The third kappa shape index (κ3) is 14.2. The number of alkyl carbamates (subject to hydrolysis) is 1. The van der Waals surface area contributed by atoms with Crippen molar-refractivity contribution in [1.82, 2.24) is 5.32 Å². The van der Waals surface area contributed by atoms with Crippen LogP contribution in [-0.4, -0.2) is 50.9 Å². The van der Waals surface area contributed by atoms with Crippen molar-refractivity contribution in [1.29, 1.82) is 0 Å². The maximum Gasteiger partial charge on any atom is 0.407 e. The first-order chi connectivity index (χ1) is 21.7. The molecule has 3 aromatic carbocycles. The van der Waals surface area contributed by atoms with Crippen LogP contribution in [0, 0.1) is 5.92 Å². The zero-order chi connectivity index (χ0) is 33.7. The van der Waals surface area contributed by atoms with Gasteiger partial charge in [0.1, 0.15) is 17.0 Å². The second kappa shape index (κ2) is 17.4. The lowest BCUT2D eigenvalue weighted by molar-refractivity contribution is -0.116. The van der Waals surface area contributed by atoms with Crippen LogP contribution in [0.3, 0.4) is 0 Å². The summed E-state index contributed by atoms with van der Waals surface area (Å²) in [5.41, 5.74) is 1.91. The van der Waals surface area contributed by atoms with Gasteiger partial charge in [-0.2, -0.15) is 0 Å². The van der Waals surface area contributed by atoms with Gasteiger partial charge in [0.15, 0.2) is 5.12 Å². The van der Waals surface area contributed by atoms with E-state index in [1.54, 1.807) is 20.8 Å². The Balaban J connectivity index is 1.71. The van der Waals surface area contributed by atoms with Crippen LogP contribution in [0.15, 0.2) is 97.1 Å². The van der Waals surface area contributed by atoms with E-state index in [2.05, 4.69) is 5.32 Å². The Bertz CT molecular complexity index is 1380. The van der Waals surface area contributed by atoms with Crippen molar-refractivity contribution in [2.75, 3.05) is 0 Å². The van der Waals surface area contributed by atoms with Crippen molar-refractivity contribution < 1.29 is 29.3 Å². The summed E-state index contributed by atoms with van der Waals surface area (Å²) in [6.45, 7) is 11.3. The standard InChI is InChI=1S/C38H49NO6S/c1-37(2,3)44-32-20-17-28(18-21-32)23-30(39-36(43)45-38(4,5)6)25-31(40)19-22-34(41)33(24-27-13-9-7-10-14-27)35(42)46-26-29-15-11-8-12-16-29/h7-22,30-31,33-34,40-41H,23-26H2,1-6H3,(H,39,43). The van der Waals surface area contributed by atoms with Crippen LogP contribution >= 0.6 is 11.8 Å². The predicted molar refractivity (Wildman–Crippen MR) is 186 cm³/mol. The maximum atomic E-state index is 13.4. The highest BCUT2D eigenvalue weighted by Crippen LogP contribution is 2.25. The van der Waals surface area contributed by atoms with Gasteiger partial charge in [0.2, 0.25) is 0 Å². The van der Waals surface area contributed by atoms with Crippen molar-refractivity contribution in [2.24, 2.45) is 5.92 Å². The average molecular weight is 648 g/mol. The molecule has 248 valence electrons.